The lowest BCUT2D eigenvalue weighted by molar-refractivity contribution is -0.171. The number of carboxylic acid groups (broad SMARTS) is 1. The Bertz CT molecular complexity index is 1220. The average molecular weight is 511 g/mol. The Morgan fingerprint density at radius 1 is 1.17 bits per heavy atom. The Morgan fingerprint density at radius 3 is 2.39 bits per heavy atom. The van der Waals surface area contributed by atoms with E-state index in [0.29, 0.717) is 11.1 Å². The summed E-state index contributed by atoms with van der Waals surface area (Å²) in [7, 11) is 0. The first kappa shape index (κ1) is 25.2. The molecule has 11 nitrogen and oxygen atoms in total. The van der Waals surface area contributed by atoms with E-state index in [4.69, 9.17) is 11.5 Å². The maximum atomic E-state index is 13.6. The number of nitrogens with two attached hydrogens (primary N) is 2. The van der Waals surface area contributed by atoms with Crippen molar-refractivity contribution >= 4 is 41.3 Å². The summed E-state index contributed by atoms with van der Waals surface area (Å²) in [5.74, 6) is -3.08. The highest BCUT2D eigenvalue weighted by molar-refractivity contribution is 8.01. The van der Waals surface area contributed by atoms with Gasteiger partial charge in [-0.15, -0.1) is 11.8 Å². The number of aliphatic carboxylic acids is 1. The molecular formula is C24H26N6O5S. The van der Waals surface area contributed by atoms with Gasteiger partial charge in [-0.05, 0) is 31.5 Å². The summed E-state index contributed by atoms with van der Waals surface area (Å²) in [6.07, 6.45) is 3.06. The van der Waals surface area contributed by atoms with E-state index in [1.54, 1.807) is 56.3 Å². The van der Waals surface area contributed by atoms with Gasteiger partial charge in [-0.3, -0.25) is 24.4 Å². The molecule has 5 N–H and O–H groups in total. The van der Waals surface area contributed by atoms with E-state index in [9.17, 15) is 24.3 Å². The van der Waals surface area contributed by atoms with Crippen molar-refractivity contribution in [1.82, 2.24) is 14.8 Å². The molecule has 1 aromatic heterocycles. The van der Waals surface area contributed by atoms with Crippen LogP contribution in [0.4, 0.5) is 0 Å². The lowest BCUT2D eigenvalue weighted by Gasteiger charge is -2.49. The first-order valence-corrected chi connectivity index (χ1v) is 12.0. The zero-order valence-corrected chi connectivity index (χ0v) is 20.5. The molecule has 0 aliphatic carbocycles. The highest BCUT2D eigenvalue weighted by Gasteiger charge is 2.66. The first-order valence-electron chi connectivity index (χ1n) is 11.1. The Morgan fingerprint density at radius 2 is 1.81 bits per heavy atom. The van der Waals surface area contributed by atoms with Crippen molar-refractivity contribution in [3.63, 3.8) is 0 Å². The van der Waals surface area contributed by atoms with Crippen molar-refractivity contribution < 1.29 is 24.3 Å². The van der Waals surface area contributed by atoms with Gasteiger partial charge < -0.3 is 26.4 Å². The summed E-state index contributed by atoms with van der Waals surface area (Å²) in [6.45, 7) is 3.01. The molecule has 36 heavy (non-hydrogen) atoms. The van der Waals surface area contributed by atoms with Gasteiger partial charge in [0.15, 0.2) is 0 Å². The van der Waals surface area contributed by atoms with Crippen LogP contribution in [-0.2, 0) is 19.2 Å². The number of rotatable bonds is 8. The molecule has 12 heteroatoms. The molecule has 0 saturated carbocycles. The van der Waals surface area contributed by atoms with Gasteiger partial charge in [0.1, 0.15) is 35.9 Å². The number of carbonyl (C=O) groups is 4. The number of β-lactam (4-membered cyclic amide) rings is 1. The molecule has 2 aromatic rings. The van der Waals surface area contributed by atoms with Gasteiger partial charge in [0, 0.05) is 22.7 Å². The summed E-state index contributed by atoms with van der Waals surface area (Å²) in [6, 6.07) is 8.23. The Balaban J connectivity index is 1.71. The fourth-order valence-electron chi connectivity index (χ4n) is 4.65. The highest BCUT2D eigenvalue weighted by Crippen LogP contribution is 2.53. The number of hydrogen-bond acceptors (Lipinski definition) is 7. The predicted octanol–water partition coefficient (Wildman–Crippen LogP) is 0.358. The Labute approximate surface area is 211 Å². The number of nitrogens with zero attached hydrogens (tertiary/aromatic N) is 4. The summed E-state index contributed by atoms with van der Waals surface area (Å²) < 4.78 is -0.811. The van der Waals surface area contributed by atoms with E-state index in [2.05, 4.69) is 9.98 Å². The first-order chi connectivity index (χ1) is 17.0. The number of pyridine rings is 1. The van der Waals surface area contributed by atoms with Crippen LogP contribution in [0.3, 0.4) is 0 Å². The van der Waals surface area contributed by atoms with E-state index in [1.807, 2.05) is 0 Å². The summed E-state index contributed by atoms with van der Waals surface area (Å²) >= 11 is 1.27. The third kappa shape index (κ3) is 4.39. The molecular weight excluding hydrogens is 484 g/mol. The van der Waals surface area contributed by atoms with Crippen LogP contribution < -0.4 is 11.5 Å². The topological polar surface area (TPSA) is 172 Å². The van der Waals surface area contributed by atoms with Crippen LogP contribution >= 0.6 is 11.8 Å². The Hall–Kier alpha value is -3.93. The van der Waals surface area contributed by atoms with E-state index in [-0.39, 0.29) is 5.84 Å². The Kier molecular flexibility index (Phi) is 6.72. The number of amides is 3. The number of thioether (sulfide) groups is 1. The second-order valence-electron chi connectivity index (χ2n) is 9.00. The van der Waals surface area contributed by atoms with E-state index in [0.717, 1.165) is 4.90 Å². The van der Waals surface area contributed by atoms with E-state index >= 15 is 0 Å². The van der Waals surface area contributed by atoms with E-state index in [1.165, 1.54) is 29.1 Å². The van der Waals surface area contributed by atoms with Crippen LogP contribution in [0.5, 0.6) is 0 Å². The van der Waals surface area contributed by atoms with Gasteiger partial charge in [0.2, 0.25) is 17.7 Å². The van der Waals surface area contributed by atoms with Gasteiger partial charge in [-0.25, -0.2) is 4.79 Å². The van der Waals surface area contributed by atoms with Crippen molar-refractivity contribution in [2.45, 2.75) is 42.1 Å². The molecule has 4 rings (SSSR count). The van der Waals surface area contributed by atoms with Gasteiger partial charge in [-0.2, -0.15) is 0 Å². The summed E-state index contributed by atoms with van der Waals surface area (Å²) in [5, 5.41) is 9.09. The second kappa shape index (κ2) is 9.61. The smallest absolute Gasteiger partial charge is 0.327 e. The van der Waals surface area contributed by atoms with Crippen molar-refractivity contribution in [2.24, 2.45) is 16.5 Å². The third-order valence-corrected chi connectivity index (χ3v) is 7.82. The number of amidine groups is 1. The van der Waals surface area contributed by atoms with Gasteiger partial charge in [0.05, 0.1) is 0 Å². The molecule has 2 aliphatic rings. The van der Waals surface area contributed by atoms with E-state index < -0.39 is 58.5 Å². The number of primary amides is 1. The van der Waals surface area contributed by atoms with Crippen LogP contribution in [0.15, 0.2) is 59.9 Å². The number of hydrogen-bond donors (Lipinski definition) is 3. The molecule has 1 aromatic carbocycles. The number of aliphatic imine (C=N–C) groups is 1. The molecule has 0 bridgehead atoms. The molecule has 0 radical (unpaired) electrons. The predicted molar refractivity (Wildman–Crippen MR) is 133 cm³/mol. The monoisotopic (exact) mass is 510 g/mol. The number of fused-ring (bicyclic) bond motifs is 1. The quantitative estimate of drug-likeness (QED) is 0.259. The van der Waals surface area contributed by atoms with Crippen molar-refractivity contribution in [3.8, 4) is 0 Å². The van der Waals surface area contributed by atoms with Crippen molar-refractivity contribution in [3.05, 3.63) is 66.0 Å². The molecule has 2 saturated heterocycles. The SMILES string of the molecule is CC1(C)S[C@H]2[C@@H](N(C(=O)CN=C(N)c3ccncc3)[C@H](C(N)=O)c3ccccc3)C(=O)N2C1C(=O)O. The lowest BCUT2D eigenvalue weighted by atomic mass is 9.93. The number of aromatic nitrogens is 1. The molecule has 188 valence electrons. The van der Waals surface area contributed by atoms with Crippen molar-refractivity contribution in [2.75, 3.05) is 6.54 Å². The number of carbonyl (C=O) groups excluding carboxylic acids is 3. The van der Waals surface area contributed by atoms with Crippen LogP contribution in [0.25, 0.3) is 0 Å². The molecule has 3 amide bonds. The minimum absolute atomic E-state index is 0.0879. The standard InChI is InChI=1S/C24H26N6O5S/c1-24(2)18(23(34)35)30-21(33)17(22(30)36-24)29(16(20(26)32)13-6-4-3-5-7-13)15(31)12-28-19(25)14-8-10-27-11-9-14/h3-11,16-18,22H,12H2,1-2H3,(H2,25,28)(H2,26,32)(H,34,35)/t16-,17-,18?,22-/m0/s1. The maximum absolute atomic E-state index is 13.6. The van der Waals surface area contributed by atoms with Crippen LogP contribution in [-0.4, -0.2) is 78.2 Å². The largest absolute Gasteiger partial charge is 0.480 e. The third-order valence-electron chi connectivity index (χ3n) is 6.26. The number of carboxylic acids is 1. The van der Waals surface area contributed by atoms with Crippen LogP contribution in [0.1, 0.15) is 31.0 Å². The normalized spacial score (nSPS) is 23.4. The minimum atomic E-state index is -1.26. The summed E-state index contributed by atoms with van der Waals surface area (Å²) in [5.41, 5.74) is 12.8. The fraction of sp³-hybridized carbons (Fsp3) is 0.333. The molecule has 3 heterocycles. The van der Waals surface area contributed by atoms with Gasteiger partial charge >= 0.3 is 5.97 Å². The molecule has 2 aliphatic heterocycles. The van der Waals surface area contributed by atoms with Gasteiger partial charge in [-0.1, -0.05) is 30.3 Å². The second-order valence-corrected chi connectivity index (χ2v) is 10.8. The molecule has 4 atom stereocenters. The lowest BCUT2D eigenvalue weighted by Crippen LogP contribution is -2.72. The molecule has 1 unspecified atom stereocenters. The highest BCUT2D eigenvalue weighted by atomic mass is 32.2. The fourth-order valence-corrected chi connectivity index (χ4v) is 6.34. The molecule has 0 spiro atoms. The average Bonchev–Trinajstić information content (AvgIpc) is 3.10. The minimum Gasteiger partial charge on any atom is -0.480 e. The maximum Gasteiger partial charge on any atom is 0.327 e. The summed E-state index contributed by atoms with van der Waals surface area (Å²) in [4.78, 5) is 62.0. The zero-order valence-electron chi connectivity index (χ0n) is 19.6. The zero-order chi connectivity index (χ0) is 26.2. The molecule has 2 fully saturated rings. The van der Waals surface area contributed by atoms with Crippen LogP contribution in [0.2, 0.25) is 0 Å². The van der Waals surface area contributed by atoms with Gasteiger partial charge in [0.25, 0.3) is 0 Å². The number of benzene rings is 1. The van der Waals surface area contributed by atoms with Crippen LogP contribution in [0, 0.1) is 0 Å². The van der Waals surface area contributed by atoms with Crippen molar-refractivity contribution in [1.29, 1.82) is 0 Å².